The highest BCUT2D eigenvalue weighted by Crippen LogP contribution is 2.34. The third-order valence-corrected chi connectivity index (χ3v) is 3.79. The Bertz CT molecular complexity index is 352. The highest BCUT2D eigenvalue weighted by molar-refractivity contribution is 6.30. The zero-order chi connectivity index (χ0) is 12.3. The van der Waals surface area contributed by atoms with Crippen molar-refractivity contribution in [2.45, 2.75) is 44.6 Å². The first kappa shape index (κ1) is 12.8. The van der Waals surface area contributed by atoms with Crippen molar-refractivity contribution < 1.29 is 9.50 Å². The van der Waals surface area contributed by atoms with E-state index < -0.39 is 6.10 Å². The van der Waals surface area contributed by atoms with Gasteiger partial charge in [-0.15, -0.1) is 0 Å². The first-order chi connectivity index (χ1) is 8.16. The van der Waals surface area contributed by atoms with Crippen molar-refractivity contribution in [1.29, 1.82) is 0 Å². The largest absolute Gasteiger partial charge is 0.388 e. The molecule has 1 fully saturated rings. The second-order valence-corrected chi connectivity index (χ2v) is 5.34. The molecular formula is C14H18ClFO. The van der Waals surface area contributed by atoms with E-state index in [0.717, 1.165) is 25.7 Å². The van der Waals surface area contributed by atoms with Gasteiger partial charge in [0, 0.05) is 5.02 Å². The van der Waals surface area contributed by atoms with Crippen LogP contribution in [0, 0.1) is 11.7 Å². The topological polar surface area (TPSA) is 20.2 Å². The molecule has 0 aliphatic heterocycles. The van der Waals surface area contributed by atoms with Gasteiger partial charge in [0.15, 0.2) is 0 Å². The van der Waals surface area contributed by atoms with Crippen LogP contribution in [0.5, 0.6) is 0 Å². The van der Waals surface area contributed by atoms with E-state index in [4.69, 9.17) is 11.6 Å². The Morgan fingerprint density at radius 3 is 2.35 bits per heavy atom. The van der Waals surface area contributed by atoms with E-state index in [1.54, 1.807) is 6.07 Å². The SMILES string of the molecule is OC(c1cc(F)cc(Cl)c1)C1CCCCCC1. The lowest BCUT2D eigenvalue weighted by atomic mass is 9.89. The molecular weight excluding hydrogens is 239 g/mol. The summed E-state index contributed by atoms with van der Waals surface area (Å²) in [4.78, 5) is 0. The Morgan fingerprint density at radius 1 is 1.12 bits per heavy atom. The molecule has 0 aromatic heterocycles. The molecule has 0 radical (unpaired) electrons. The van der Waals surface area contributed by atoms with Gasteiger partial charge in [-0.2, -0.15) is 0 Å². The van der Waals surface area contributed by atoms with Gasteiger partial charge >= 0.3 is 0 Å². The van der Waals surface area contributed by atoms with Crippen molar-refractivity contribution >= 4 is 11.6 Å². The Morgan fingerprint density at radius 2 is 1.76 bits per heavy atom. The first-order valence-corrected chi connectivity index (χ1v) is 6.68. The number of benzene rings is 1. The Labute approximate surface area is 107 Å². The quantitative estimate of drug-likeness (QED) is 0.774. The summed E-state index contributed by atoms with van der Waals surface area (Å²) in [6, 6.07) is 4.33. The van der Waals surface area contributed by atoms with E-state index in [9.17, 15) is 9.50 Å². The number of rotatable bonds is 2. The van der Waals surface area contributed by atoms with Gasteiger partial charge in [-0.25, -0.2) is 4.39 Å². The third kappa shape index (κ3) is 3.43. The molecule has 1 nitrogen and oxygen atoms in total. The van der Waals surface area contributed by atoms with E-state index in [-0.39, 0.29) is 11.7 Å². The summed E-state index contributed by atoms with van der Waals surface area (Å²) in [5.74, 6) is -0.129. The van der Waals surface area contributed by atoms with Crippen molar-refractivity contribution in [1.82, 2.24) is 0 Å². The molecule has 0 spiro atoms. The maximum Gasteiger partial charge on any atom is 0.125 e. The minimum Gasteiger partial charge on any atom is -0.388 e. The molecule has 1 unspecified atom stereocenters. The molecule has 0 amide bonds. The predicted octanol–water partition coefficient (Wildman–Crippen LogP) is 4.48. The molecule has 0 saturated heterocycles. The van der Waals surface area contributed by atoms with Crippen LogP contribution in [0.15, 0.2) is 18.2 Å². The average molecular weight is 257 g/mol. The normalized spacial score (nSPS) is 19.9. The molecule has 2 rings (SSSR count). The Kier molecular flexibility index (Phi) is 4.41. The summed E-state index contributed by atoms with van der Waals surface area (Å²) in [6.07, 6.45) is 6.27. The fourth-order valence-electron chi connectivity index (χ4n) is 2.64. The van der Waals surface area contributed by atoms with Gasteiger partial charge in [0.05, 0.1) is 6.10 Å². The molecule has 17 heavy (non-hydrogen) atoms. The van der Waals surface area contributed by atoms with Gasteiger partial charge < -0.3 is 5.11 Å². The molecule has 1 saturated carbocycles. The molecule has 0 heterocycles. The van der Waals surface area contributed by atoms with Gasteiger partial charge in [0.25, 0.3) is 0 Å². The summed E-state index contributed by atoms with van der Waals surface area (Å²) in [7, 11) is 0. The highest BCUT2D eigenvalue weighted by Gasteiger charge is 2.22. The van der Waals surface area contributed by atoms with Crippen molar-refractivity contribution in [2.24, 2.45) is 5.92 Å². The van der Waals surface area contributed by atoms with Gasteiger partial charge in [0.1, 0.15) is 5.82 Å². The molecule has 1 N–H and O–H groups in total. The minimum atomic E-state index is -0.582. The summed E-state index contributed by atoms with van der Waals surface area (Å²) < 4.78 is 13.2. The van der Waals surface area contributed by atoms with Crippen LogP contribution in [-0.4, -0.2) is 5.11 Å². The summed E-state index contributed by atoms with van der Waals surface area (Å²) in [5, 5.41) is 10.6. The molecule has 1 aliphatic carbocycles. The molecule has 3 heteroatoms. The van der Waals surface area contributed by atoms with Crippen molar-refractivity contribution in [3.05, 3.63) is 34.6 Å². The van der Waals surface area contributed by atoms with Crippen molar-refractivity contribution in [3.8, 4) is 0 Å². The lowest BCUT2D eigenvalue weighted by Crippen LogP contribution is -2.12. The maximum atomic E-state index is 13.2. The minimum absolute atomic E-state index is 0.246. The number of aliphatic hydroxyl groups excluding tert-OH is 1. The molecule has 1 atom stereocenters. The Balaban J connectivity index is 2.14. The number of hydrogen-bond acceptors (Lipinski definition) is 1. The Hall–Kier alpha value is -0.600. The average Bonchev–Trinajstić information content (AvgIpc) is 2.55. The summed E-state index contributed by atoms with van der Waals surface area (Å²) >= 11 is 5.81. The monoisotopic (exact) mass is 256 g/mol. The molecule has 0 bridgehead atoms. The van der Waals surface area contributed by atoms with Crippen molar-refractivity contribution in [2.75, 3.05) is 0 Å². The standard InChI is InChI=1S/C14H18ClFO/c15-12-7-11(8-13(16)9-12)14(17)10-5-3-1-2-4-6-10/h7-10,14,17H,1-6H2. The number of halogens is 2. The maximum absolute atomic E-state index is 13.2. The lowest BCUT2D eigenvalue weighted by Gasteiger charge is -2.21. The fraction of sp³-hybridized carbons (Fsp3) is 0.571. The van der Waals surface area contributed by atoms with Crippen LogP contribution in [0.25, 0.3) is 0 Å². The van der Waals surface area contributed by atoms with Gasteiger partial charge in [-0.1, -0.05) is 37.3 Å². The summed E-state index contributed by atoms with van der Waals surface area (Å²) in [5.41, 5.74) is 0.613. The fourth-order valence-corrected chi connectivity index (χ4v) is 2.87. The van der Waals surface area contributed by atoms with Crippen LogP contribution < -0.4 is 0 Å². The van der Waals surface area contributed by atoms with E-state index >= 15 is 0 Å². The van der Waals surface area contributed by atoms with Crippen LogP contribution in [-0.2, 0) is 0 Å². The third-order valence-electron chi connectivity index (χ3n) is 3.57. The second-order valence-electron chi connectivity index (χ2n) is 4.90. The zero-order valence-corrected chi connectivity index (χ0v) is 10.6. The highest BCUT2D eigenvalue weighted by atomic mass is 35.5. The van der Waals surface area contributed by atoms with E-state index in [0.29, 0.717) is 10.6 Å². The van der Waals surface area contributed by atoms with Crippen LogP contribution in [0.3, 0.4) is 0 Å². The molecule has 1 aromatic carbocycles. The van der Waals surface area contributed by atoms with E-state index in [2.05, 4.69) is 0 Å². The molecule has 1 aliphatic rings. The van der Waals surface area contributed by atoms with Crippen LogP contribution in [0.2, 0.25) is 5.02 Å². The molecule has 1 aromatic rings. The number of aliphatic hydroxyl groups is 1. The summed E-state index contributed by atoms with van der Waals surface area (Å²) in [6.45, 7) is 0. The van der Waals surface area contributed by atoms with Gasteiger partial charge in [0.2, 0.25) is 0 Å². The number of hydrogen-bond donors (Lipinski definition) is 1. The first-order valence-electron chi connectivity index (χ1n) is 6.31. The predicted molar refractivity (Wildman–Crippen MR) is 67.6 cm³/mol. The zero-order valence-electron chi connectivity index (χ0n) is 9.83. The van der Waals surface area contributed by atoms with Crippen LogP contribution >= 0.6 is 11.6 Å². The lowest BCUT2D eigenvalue weighted by molar-refractivity contribution is 0.0985. The van der Waals surface area contributed by atoms with E-state index in [1.165, 1.54) is 25.0 Å². The van der Waals surface area contributed by atoms with Crippen LogP contribution in [0.1, 0.15) is 50.2 Å². The second kappa shape index (κ2) is 5.83. The van der Waals surface area contributed by atoms with Crippen LogP contribution in [0.4, 0.5) is 4.39 Å². The van der Waals surface area contributed by atoms with E-state index in [1.807, 2.05) is 0 Å². The van der Waals surface area contributed by atoms with Gasteiger partial charge in [-0.3, -0.25) is 0 Å². The van der Waals surface area contributed by atoms with Gasteiger partial charge in [-0.05, 0) is 42.5 Å². The smallest absolute Gasteiger partial charge is 0.125 e. The molecule has 94 valence electrons. The van der Waals surface area contributed by atoms with Crippen molar-refractivity contribution in [3.63, 3.8) is 0 Å².